The van der Waals surface area contributed by atoms with Gasteiger partial charge in [-0.3, -0.25) is 4.79 Å². The van der Waals surface area contributed by atoms with Crippen molar-refractivity contribution in [1.29, 1.82) is 0 Å². The van der Waals surface area contributed by atoms with E-state index in [1.165, 1.54) is 10.4 Å². The summed E-state index contributed by atoms with van der Waals surface area (Å²) >= 11 is 1.72. The largest absolute Gasteiger partial charge is 0.326 e. The molecule has 0 aliphatic heterocycles. The Morgan fingerprint density at radius 2 is 1.46 bits per heavy atom. The van der Waals surface area contributed by atoms with Crippen LogP contribution in [0.15, 0.2) is 72.1 Å². The second-order valence-corrected chi connectivity index (χ2v) is 7.87. The molecule has 26 heavy (non-hydrogen) atoms. The highest BCUT2D eigenvalue weighted by molar-refractivity contribution is 7.10. The quantitative estimate of drug-likeness (QED) is 0.539. The second-order valence-electron chi connectivity index (χ2n) is 6.87. The van der Waals surface area contributed by atoms with E-state index in [2.05, 4.69) is 42.6 Å². The Morgan fingerprint density at radius 3 is 1.88 bits per heavy atom. The fraction of sp³-hybridized carbons (Fsp3) is 0.261. The molecule has 2 aromatic carbocycles. The van der Waals surface area contributed by atoms with Gasteiger partial charge in [-0.25, -0.2) is 0 Å². The summed E-state index contributed by atoms with van der Waals surface area (Å²) in [6, 6.07) is 22.7. The maximum Gasteiger partial charge on any atom is 0.226 e. The van der Waals surface area contributed by atoms with Crippen molar-refractivity contribution in [3.05, 3.63) is 93.7 Å². The van der Waals surface area contributed by atoms with E-state index in [0.29, 0.717) is 6.54 Å². The fourth-order valence-electron chi connectivity index (χ4n) is 3.17. The van der Waals surface area contributed by atoms with Gasteiger partial charge in [-0.05, 0) is 35.1 Å². The smallest absolute Gasteiger partial charge is 0.226 e. The first-order valence-electron chi connectivity index (χ1n) is 9.01. The Morgan fingerprint density at radius 1 is 0.923 bits per heavy atom. The third-order valence-electron chi connectivity index (χ3n) is 4.60. The molecule has 1 aromatic heterocycles. The summed E-state index contributed by atoms with van der Waals surface area (Å²) < 4.78 is 0. The molecule has 3 heteroatoms. The maximum absolute atomic E-state index is 13.2. The van der Waals surface area contributed by atoms with E-state index in [1.807, 2.05) is 55.1 Å². The number of amides is 1. The SMILES string of the molecule is Cc1ccsc1CN(C(=O)C(C)C)C(c1ccccc1)c1ccccc1. The number of nitrogens with zero attached hydrogens (tertiary/aromatic N) is 1. The highest BCUT2D eigenvalue weighted by Gasteiger charge is 2.29. The lowest BCUT2D eigenvalue weighted by atomic mass is 9.95. The Kier molecular flexibility index (Phi) is 5.89. The highest BCUT2D eigenvalue weighted by Crippen LogP contribution is 2.32. The summed E-state index contributed by atoms with van der Waals surface area (Å²) in [6.07, 6.45) is 0. The van der Waals surface area contributed by atoms with Crippen LogP contribution in [-0.2, 0) is 11.3 Å². The van der Waals surface area contributed by atoms with Crippen LogP contribution in [0.25, 0.3) is 0 Å². The molecule has 0 saturated carbocycles. The summed E-state index contributed by atoms with van der Waals surface area (Å²) in [5, 5.41) is 2.10. The molecule has 2 nitrogen and oxygen atoms in total. The van der Waals surface area contributed by atoms with Gasteiger partial charge in [-0.1, -0.05) is 74.5 Å². The van der Waals surface area contributed by atoms with Gasteiger partial charge in [0.15, 0.2) is 0 Å². The van der Waals surface area contributed by atoms with Gasteiger partial charge in [0, 0.05) is 10.8 Å². The van der Waals surface area contributed by atoms with Gasteiger partial charge in [0.1, 0.15) is 0 Å². The van der Waals surface area contributed by atoms with Crippen LogP contribution >= 0.6 is 11.3 Å². The highest BCUT2D eigenvalue weighted by atomic mass is 32.1. The fourth-order valence-corrected chi connectivity index (χ4v) is 4.08. The molecule has 0 fully saturated rings. The number of carbonyl (C=O) groups excluding carboxylic acids is 1. The molecular weight excluding hydrogens is 338 g/mol. The average molecular weight is 364 g/mol. The van der Waals surface area contributed by atoms with Gasteiger partial charge in [-0.2, -0.15) is 0 Å². The molecule has 1 amide bonds. The molecular formula is C23H25NOS. The maximum atomic E-state index is 13.2. The van der Waals surface area contributed by atoms with Gasteiger partial charge >= 0.3 is 0 Å². The van der Waals surface area contributed by atoms with Crippen molar-refractivity contribution in [3.63, 3.8) is 0 Å². The second kappa shape index (κ2) is 8.33. The molecule has 0 N–H and O–H groups in total. The van der Waals surface area contributed by atoms with Crippen molar-refractivity contribution in [2.75, 3.05) is 0 Å². The molecule has 3 aromatic rings. The van der Waals surface area contributed by atoms with Crippen LogP contribution < -0.4 is 0 Å². The Bertz CT molecular complexity index is 799. The predicted octanol–water partition coefficient (Wildman–Crippen LogP) is 5.83. The van der Waals surface area contributed by atoms with Crippen LogP contribution in [0.2, 0.25) is 0 Å². The average Bonchev–Trinajstić information content (AvgIpc) is 3.07. The zero-order valence-corrected chi connectivity index (χ0v) is 16.4. The molecule has 0 bridgehead atoms. The van der Waals surface area contributed by atoms with E-state index in [4.69, 9.17) is 0 Å². The Balaban J connectivity index is 2.09. The number of carbonyl (C=O) groups is 1. The number of hydrogen-bond donors (Lipinski definition) is 0. The van der Waals surface area contributed by atoms with Crippen LogP contribution in [0.4, 0.5) is 0 Å². The third-order valence-corrected chi connectivity index (χ3v) is 5.61. The van der Waals surface area contributed by atoms with Crippen molar-refractivity contribution in [1.82, 2.24) is 4.90 Å². The summed E-state index contributed by atoms with van der Waals surface area (Å²) in [6.45, 7) is 6.70. The molecule has 1 heterocycles. The summed E-state index contributed by atoms with van der Waals surface area (Å²) in [5.74, 6) is 0.126. The summed E-state index contributed by atoms with van der Waals surface area (Å²) in [7, 11) is 0. The van der Waals surface area contributed by atoms with E-state index in [9.17, 15) is 4.79 Å². The lowest BCUT2D eigenvalue weighted by Crippen LogP contribution is -2.37. The lowest BCUT2D eigenvalue weighted by Gasteiger charge is -2.34. The van der Waals surface area contributed by atoms with Crippen molar-refractivity contribution < 1.29 is 4.79 Å². The van der Waals surface area contributed by atoms with E-state index in [1.54, 1.807) is 11.3 Å². The van der Waals surface area contributed by atoms with Gasteiger partial charge < -0.3 is 4.90 Å². The van der Waals surface area contributed by atoms with Gasteiger partial charge in [0.25, 0.3) is 0 Å². The number of benzene rings is 2. The monoisotopic (exact) mass is 363 g/mol. The predicted molar refractivity (Wildman–Crippen MR) is 109 cm³/mol. The number of rotatable bonds is 6. The van der Waals surface area contributed by atoms with Gasteiger partial charge in [0.05, 0.1) is 12.6 Å². The molecule has 0 spiro atoms. The third kappa shape index (κ3) is 4.05. The van der Waals surface area contributed by atoms with Crippen molar-refractivity contribution >= 4 is 17.2 Å². The topological polar surface area (TPSA) is 20.3 Å². The summed E-state index contributed by atoms with van der Waals surface area (Å²) in [4.78, 5) is 16.5. The minimum atomic E-state index is -0.0891. The van der Waals surface area contributed by atoms with Crippen LogP contribution in [0.1, 0.15) is 41.5 Å². The van der Waals surface area contributed by atoms with E-state index < -0.39 is 0 Å². The number of hydrogen-bond acceptors (Lipinski definition) is 2. The molecule has 0 aliphatic carbocycles. The molecule has 134 valence electrons. The number of aryl methyl sites for hydroxylation is 1. The first-order chi connectivity index (χ1) is 12.6. The molecule has 0 atom stereocenters. The van der Waals surface area contributed by atoms with E-state index in [0.717, 1.165) is 11.1 Å². The molecule has 0 radical (unpaired) electrons. The molecule has 0 unspecified atom stereocenters. The van der Waals surface area contributed by atoms with Gasteiger partial charge in [-0.15, -0.1) is 11.3 Å². The van der Waals surface area contributed by atoms with Crippen LogP contribution in [0, 0.1) is 12.8 Å². The zero-order valence-electron chi connectivity index (χ0n) is 15.6. The summed E-state index contributed by atoms with van der Waals surface area (Å²) in [5.41, 5.74) is 3.53. The van der Waals surface area contributed by atoms with Crippen LogP contribution in [0.5, 0.6) is 0 Å². The van der Waals surface area contributed by atoms with E-state index in [-0.39, 0.29) is 17.9 Å². The first kappa shape index (κ1) is 18.4. The minimum absolute atomic E-state index is 0.0507. The zero-order chi connectivity index (χ0) is 18.5. The van der Waals surface area contributed by atoms with Crippen molar-refractivity contribution in [3.8, 4) is 0 Å². The van der Waals surface area contributed by atoms with Gasteiger partial charge in [0.2, 0.25) is 5.91 Å². The standard InChI is InChI=1S/C23H25NOS/c1-17(2)23(25)24(16-21-18(3)14-15-26-21)22(19-10-6-4-7-11-19)20-12-8-5-9-13-20/h4-15,17,22H,16H2,1-3H3. The van der Waals surface area contributed by atoms with Crippen LogP contribution in [-0.4, -0.2) is 10.8 Å². The first-order valence-corrected chi connectivity index (χ1v) is 9.89. The lowest BCUT2D eigenvalue weighted by molar-refractivity contribution is -0.136. The van der Waals surface area contributed by atoms with Crippen molar-refractivity contribution in [2.45, 2.75) is 33.4 Å². The molecule has 0 saturated heterocycles. The normalized spacial score (nSPS) is 11.1. The van der Waals surface area contributed by atoms with Crippen LogP contribution in [0.3, 0.4) is 0 Å². The van der Waals surface area contributed by atoms with Crippen molar-refractivity contribution in [2.24, 2.45) is 5.92 Å². The number of thiophene rings is 1. The Labute approximate surface area is 160 Å². The molecule has 0 aliphatic rings. The molecule has 3 rings (SSSR count). The van der Waals surface area contributed by atoms with E-state index >= 15 is 0 Å². The Hall–Kier alpha value is -2.39. The minimum Gasteiger partial charge on any atom is -0.326 e.